The molecule has 1 aromatic rings. The maximum Gasteiger partial charge on any atom is 0.325 e. The van der Waals surface area contributed by atoms with Gasteiger partial charge in [0.2, 0.25) is 5.91 Å². The molecule has 0 spiro atoms. The van der Waals surface area contributed by atoms with E-state index in [1.807, 2.05) is 0 Å². The Balaban J connectivity index is 1.73. The van der Waals surface area contributed by atoms with Gasteiger partial charge in [0.05, 0.1) is 0 Å². The van der Waals surface area contributed by atoms with Crippen LogP contribution in [0.1, 0.15) is 51.5 Å². The molecule has 2 N–H and O–H groups in total. The Bertz CT molecular complexity index is 736. The van der Waals surface area contributed by atoms with Crippen molar-refractivity contribution < 1.29 is 18.8 Å². The van der Waals surface area contributed by atoms with Gasteiger partial charge in [0.1, 0.15) is 17.9 Å². The lowest BCUT2D eigenvalue weighted by molar-refractivity contribution is -0.135. The Morgan fingerprint density at radius 2 is 1.93 bits per heavy atom. The fourth-order valence-corrected chi connectivity index (χ4v) is 4.07. The van der Waals surface area contributed by atoms with Crippen molar-refractivity contribution in [3.63, 3.8) is 0 Å². The number of benzene rings is 1. The number of amides is 4. The van der Waals surface area contributed by atoms with Gasteiger partial charge in [0, 0.05) is 6.04 Å². The molecule has 0 aromatic heterocycles. The van der Waals surface area contributed by atoms with Crippen molar-refractivity contribution in [3.05, 3.63) is 35.6 Å². The lowest BCUT2D eigenvalue weighted by Crippen LogP contribution is -2.48. The Kier molecular flexibility index (Phi) is 5.48. The first-order valence-electron chi connectivity index (χ1n) is 9.57. The fraction of sp³-hybridized carbons (Fsp3) is 0.550. The van der Waals surface area contributed by atoms with Crippen molar-refractivity contribution in [1.82, 2.24) is 15.5 Å². The number of urea groups is 1. The van der Waals surface area contributed by atoms with Crippen molar-refractivity contribution in [2.24, 2.45) is 5.92 Å². The molecule has 0 unspecified atom stereocenters. The van der Waals surface area contributed by atoms with Gasteiger partial charge in [0.25, 0.3) is 5.91 Å². The van der Waals surface area contributed by atoms with Crippen LogP contribution in [0.5, 0.6) is 0 Å². The Morgan fingerprint density at radius 3 is 2.56 bits per heavy atom. The SMILES string of the molecule is CC[C@@]1(c2ccc(F)cc2)NC(=O)N(CC(=O)N[C@H]2CCCC[C@@H]2C)C1=O. The second-order valence-corrected chi connectivity index (χ2v) is 7.52. The lowest BCUT2D eigenvalue weighted by atomic mass is 9.86. The van der Waals surface area contributed by atoms with Gasteiger partial charge in [-0.05, 0) is 42.9 Å². The van der Waals surface area contributed by atoms with Crippen LogP contribution in [0.25, 0.3) is 0 Å². The number of hydrogen-bond acceptors (Lipinski definition) is 3. The summed E-state index contributed by atoms with van der Waals surface area (Å²) in [5, 5.41) is 5.67. The number of carbonyl (C=O) groups is 3. The summed E-state index contributed by atoms with van der Waals surface area (Å²) >= 11 is 0. The van der Waals surface area contributed by atoms with Crippen molar-refractivity contribution in [2.45, 2.75) is 57.5 Å². The minimum absolute atomic E-state index is 0.0834. The lowest BCUT2D eigenvalue weighted by Gasteiger charge is -2.30. The van der Waals surface area contributed by atoms with E-state index < -0.39 is 23.3 Å². The third-order valence-corrected chi connectivity index (χ3v) is 5.80. The molecule has 2 fully saturated rings. The van der Waals surface area contributed by atoms with Crippen molar-refractivity contribution >= 4 is 17.8 Å². The first-order valence-corrected chi connectivity index (χ1v) is 9.57. The van der Waals surface area contributed by atoms with Gasteiger partial charge in [-0.15, -0.1) is 0 Å². The van der Waals surface area contributed by atoms with E-state index in [-0.39, 0.29) is 18.5 Å². The maximum atomic E-state index is 13.2. The zero-order valence-corrected chi connectivity index (χ0v) is 15.8. The molecule has 2 aliphatic rings. The monoisotopic (exact) mass is 375 g/mol. The average molecular weight is 375 g/mol. The minimum atomic E-state index is -1.26. The van der Waals surface area contributed by atoms with Crippen LogP contribution in [0.2, 0.25) is 0 Å². The molecule has 1 aliphatic carbocycles. The van der Waals surface area contributed by atoms with Gasteiger partial charge in [-0.1, -0.05) is 38.8 Å². The highest BCUT2D eigenvalue weighted by Crippen LogP contribution is 2.32. The molecule has 1 aromatic carbocycles. The number of rotatable bonds is 5. The molecular formula is C20H26FN3O3. The summed E-state index contributed by atoms with van der Waals surface area (Å²) in [5.41, 5.74) is -0.753. The van der Waals surface area contributed by atoms with Crippen LogP contribution in [-0.4, -0.2) is 35.3 Å². The van der Waals surface area contributed by atoms with Crippen LogP contribution in [0.4, 0.5) is 9.18 Å². The third kappa shape index (κ3) is 3.68. The first kappa shape index (κ1) is 19.3. The zero-order valence-electron chi connectivity index (χ0n) is 15.8. The summed E-state index contributed by atoms with van der Waals surface area (Å²) in [6.45, 7) is 3.57. The number of nitrogens with zero attached hydrogens (tertiary/aromatic N) is 1. The molecule has 0 radical (unpaired) electrons. The van der Waals surface area contributed by atoms with E-state index in [4.69, 9.17) is 0 Å². The molecule has 7 heteroatoms. The number of halogens is 1. The van der Waals surface area contributed by atoms with Gasteiger partial charge < -0.3 is 10.6 Å². The van der Waals surface area contributed by atoms with Crippen LogP contribution < -0.4 is 10.6 Å². The van der Waals surface area contributed by atoms with Gasteiger partial charge in [-0.2, -0.15) is 0 Å². The van der Waals surface area contributed by atoms with Crippen LogP contribution >= 0.6 is 0 Å². The van der Waals surface area contributed by atoms with E-state index in [0.29, 0.717) is 17.9 Å². The average Bonchev–Trinajstić information content (AvgIpc) is 2.89. The second-order valence-electron chi connectivity index (χ2n) is 7.52. The van der Waals surface area contributed by atoms with E-state index in [0.717, 1.165) is 30.6 Å². The Hall–Kier alpha value is -2.44. The minimum Gasteiger partial charge on any atom is -0.352 e. The molecule has 1 saturated carbocycles. The number of nitrogens with one attached hydrogen (secondary N) is 2. The predicted octanol–water partition coefficient (Wildman–Crippen LogP) is 2.68. The van der Waals surface area contributed by atoms with Crippen molar-refractivity contribution in [1.29, 1.82) is 0 Å². The molecule has 1 aliphatic heterocycles. The van der Waals surface area contributed by atoms with Gasteiger partial charge in [-0.25, -0.2) is 9.18 Å². The molecule has 1 saturated heterocycles. The predicted molar refractivity (Wildman–Crippen MR) is 98.2 cm³/mol. The van der Waals surface area contributed by atoms with Gasteiger partial charge in [-0.3, -0.25) is 14.5 Å². The molecule has 1 heterocycles. The summed E-state index contributed by atoms with van der Waals surface area (Å²) in [5.74, 6) is -0.837. The van der Waals surface area contributed by atoms with Gasteiger partial charge >= 0.3 is 6.03 Å². The standard InChI is InChI=1S/C20H26FN3O3/c1-3-20(14-8-10-15(21)11-9-14)18(26)24(19(27)23-20)12-17(25)22-16-7-5-4-6-13(16)2/h8-11,13,16H,3-7,12H2,1-2H3,(H,22,25)(H,23,27)/t13-,16-,20-/m0/s1. The maximum absolute atomic E-state index is 13.2. The molecule has 146 valence electrons. The third-order valence-electron chi connectivity index (χ3n) is 5.80. The molecule has 0 bridgehead atoms. The van der Waals surface area contributed by atoms with Crippen molar-refractivity contribution in [3.8, 4) is 0 Å². The number of hydrogen-bond donors (Lipinski definition) is 2. The summed E-state index contributed by atoms with van der Waals surface area (Å²) < 4.78 is 13.2. The summed E-state index contributed by atoms with van der Waals surface area (Å²) in [7, 11) is 0. The summed E-state index contributed by atoms with van der Waals surface area (Å²) in [6, 6.07) is 4.98. The Morgan fingerprint density at radius 1 is 1.26 bits per heavy atom. The largest absolute Gasteiger partial charge is 0.352 e. The van der Waals surface area contributed by atoms with Crippen LogP contribution in [0.3, 0.4) is 0 Å². The highest BCUT2D eigenvalue weighted by atomic mass is 19.1. The van der Waals surface area contributed by atoms with E-state index >= 15 is 0 Å². The molecule has 27 heavy (non-hydrogen) atoms. The molecular weight excluding hydrogens is 349 g/mol. The van der Waals surface area contributed by atoms with Crippen LogP contribution in [0, 0.1) is 11.7 Å². The first-order chi connectivity index (χ1) is 12.9. The zero-order chi connectivity index (χ0) is 19.6. The quantitative estimate of drug-likeness (QED) is 0.777. The van der Waals surface area contributed by atoms with E-state index in [2.05, 4.69) is 17.6 Å². The van der Waals surface area contributed by atoms with E-state index in [1.165, 1.54) is 24.3 Å². The molecule has 6 nitrogen and oxygen atoms in total. The van der Waals surface area contributed by atoms with Gasteiger partial charge in [0.15, 0.2) is 0 Å². The van der Waals surface area contributed by atoms with Crippen molar-refractivity contribution in [2.75, 3.05) is 6.54 Å². The van der Waals surface area contributed by atoms with E-state index in [1.54, 1.807) is 6.92 Å². The van der Waals surface area contributed by atoms with E-state index in [9.17, 15) is 18.8 Å². The topological polar surface area (TPSA) is 78.5 Å². The molecule has 4 amide bonds. The fourth-order valence-electron chi connectivity index (χ4n) is 4.07. The Labute approximate surface area is 158 Å². The number of imide groups is 1. The summed E-state index contributed by atoms with van der Waals surface area (Å²) in [6.07, 6.45) is 4.53. The van der Waals surface area contributed by atoms with Crippen LogP contribution in [0.15, 0.2) is 24.3 Å². The highest BCUT2D eigenvalue weighted by Gasteiger charge is 2.51. The molecule has 3 atom stereocenters. The number of carbonyl (C=O) groups excluding carboxylic acids is 3. The van der Waals surface area contributed by atoms with Crippen LogP contribution in [-0.2, 0) is 15.1 Å². The molecule has 3 rings (SSSR count). The summed E-state index contributed by atoms with van der Waals surface area (Å²) in [4.78, 5) is 38.9. The smallest absolute Gasteiger partial charge is 0.325 e. The highest BCUT2D eigenvalue weighted by molar-refractivity contribution is 6.09. The second kappa shape index (κ2) is 7.66. The normalized spacial score (nSPS) is 28.2.